The van der Waals surface area contributed by atoms with E-state index >= 15 is 0 Å². The molecule has 2 aliphatic rings. The van der Waals surface area contributed by atoms with E-state index in [1.54, 1.807) is 0 Å². The minimum absolute atomic E-state index is 0.0241. The van der Waals surface area contributed by atoms with Gasteiger partial charge >= 0.3 is 5.97 Å². The van der Waals surface area contributed by atoms with E-state index in [-0.39, 0.29) is 11.9 Å². The van der Waals surface area contributed by atoms with E-state index in [9.17, 15) is 4.79 Å². The molecule has 0 unspecified atom stereocenters. The van der Waals surface area contributed by atoms with E-state index in [0.717, 1.165) is 39.1 Å². The summed E-state index contributed by atoms with van der Waals surface area (Å²) in [6, 6.07) is 0. The minimum Gasteiger partial charge on any atom is -0.466 e. The van der Waals surface area contributed by atoms with Crippen molar-refractivity contribution in [3.63, 3.8) is 0 Å². The van der Waals surface area contributed by atoms with Crippen molar-refractivity contribution in [2.24, 2.45) is 17.8 Å². The van der Waals surface area contributed by atoms with Crippen LogP contribution >= 0.6 is 0 Å². The Hall–Kier alpha value is -0.610. The second-order valence-electron chi connectivity index (χ2n) is 4.63. The average Bonchev–Trinajstić information content (AvgIpc) is 2.79. The Kier molecular flexibility index (Phi) is 4.18. The Morgan fingerprint density at radius 2 is 2.12 bits per heavy atom. The van der Waals surface area contributed by atoms with Crippen molar-refractivity contribution >= 4 is 5.97 Å². The zero-order valence-electron chi connectivity index (χ0n) is 9.91. The number of nitrogens with one attached hydrogen (secondary N) is 1. The lowest BCUT2D eigenvalue weighted by molar-refractivity contribution is -0.149. The van der Waals surface area contributed by atoms with Crippen LogP contribution < -0.4 is 5.32 Å². The summed E-state index contributed by atoms with van der Waals surface area (Å²) in [5.41, 5.74) is 0. The molecule has 4 nitrogen and oxygen atoms in total. The smallest absolute Gasteiger partial charge is 0.310 e. The predicted octanol–water partition coefficient (Wildman–Crippen LogP) is 0.812. The monoisotopic (exact) mass is 227 g/mol. The third-order valence-electron chi connectivity index (χ3n) is 3.72. The summed E-state index contributed by atoms with van der Waals surface area (Å²) in [7, 11) is 0. The highest BCUT2D eigenvalue weighted by Crippen LogP contribution is 2.32. The molecule has 4 heteroatoms. The third-order valence-corrected chi connectivity index (χ3v) is 3.72. The van der Waals surface area contributed by atoms with Gasteiger partial charge in [0.15, 0.2) is 0 Å². The number of esters is 1. The van der Waals surface area contributed by atoms with Crippen LogP contribution in [0.5, 0.6) is 0 Å². The topological polar surface area (TPSA) is 47.6 Å². The zero-order chi connectivity index (χ0) is 11.4. The molecule has 0 radical (unpaired) electrons. The van der Waals surface area contributed by atoms with Gasteiger partial charge in [-0.15, -0.1) is 0 Å². The first-order valence-corrected chi connectivity index (χ1v) is 6.28. The van der Waals surface area contributed by atoms with Gasteiger partial charge in [0.1, 0.15) is 0 Å². The van der Waals surface area contributed by atoms with Crippen LogP contribution in [0.2, 0.25) is 0 Å². The Bertz CT molecular complexity index is 238. The molecule has 2 atom stereocenters. The number of hydrogen-bond donors (Lipinski definition) is 1. The first-order valence-electron chi connectivity index (χ1n) is 6.28. The molecule has 2 fully saturated rings. The van der Waals surface area contributed by atoms with Gasteiger partial charge in [-0.2, -0.15) is 0 Å². The normalized spacial score (nSPS) is 31.6. The maximum absolute atomic E-state index is 11.8. The van der Waals surface area contributed by atoms with E-state index in [1.165, 1.54) is 0 Å². The number of carbonyl (C=O) groups is 1. The summed E-state index contributed by atoms with van der Waals surface area (Å²) >= 11 is 0. The molecule has 0 aromatic carbocycles. The van der Waals surface area contributed by atoms with Crippen LogP contribution in [0, 0.1) is 17.8 Å². The SMILES string of the molecule is CCOC(=O)[C@@H]1CNC[C@H]1C1CCOCC1. The van der Waals surface area contributed by atoms with Gasteiger partial charge in [-0.05, 0) is 38.1 Å². The van der Waals surface area contributed by atoms with Crippen molar-refractivity contribution in [1.82, 2.24) is 5.32 Å². The summed E-state index contributed by atoms with van der Waals surface area (Å²) in [4.78, 5) is 11.8. The Morgan fingerprint density at radius 3 is 2.81 bits per heavy atom. The molecule has 0 aromatic rings. The second-order valence-corrected chi connectivity index (χ2v) is 4.63. The number of carbonyl (C=O) groups excluding carboxylic acids is 1. The van der Waals surface area contributed by atoms with E-state index in [1.807, 2.05) is 6.92 Å². The predicted molar refractivity (Wildman–Crippen MR) is 60.0 cm³/mol. The van der Waals surface area contributed by atoms with E-state index < -0.39 is 0 Å². The van der Waals surface area contributed by atoms with Crippen molar-refractivity contribution in [2.75, 3.05) is 32.9 Å². The van der Waals surface area contributed by atoms with Gasteiger partial charge in [-0.1, -0.05) is 0 Å². The van der Waals surface area contributed by atoms with Crippen molar-refractivity contribution < 1.29 is 14.3 Å². The van der Waals surface area contributed by atoms with Crippen molar-refractivity contribution in [3.05, 3.63) is 0 Å². The molecule has 2 heterocycles. The molecule has 1 N–H and O–H groups in total. The first kappa shape index (κ1) is 11.9. The van der Waals surface area contributed by atoms with Crippen molar-refractivity contribution in [3.8, 4) is 0 Å². The molecule has 0 saturated carbocycles. The maximum Gasteiger partial charge on any atom is 0.310 e. The maximum atomic E-state index is 11.8. The van der Waals surface area contributed by atoms with Crippen LogP contribution in [-0.2, 0) is 14.3 Å². The molecule has 0 bridgehead atoms. The standard InChI is InChI=1S/C12H21NO3/c1-2-16-12(14)11-8-13-7-10(11)9-3-5-15-6-4-9/h9-11,13H,2-8H2,1H3/t10-,11+/m0/s1. The van der Waals surface area contributed by atoms with Crippen LogP contribution in [-0.4, -0.2) is 38.9 Å². The molecular weight excluding hydrogens is 206 g/mol. The Labute approximate surface area is 96.7 Å². The molecule has 2 rings (SSSR count). The molecule has 2 saturated heterocycles. The zero-order valence-corrected chi connectivity index (χ0v) is 9.91. The van der Waals surface area contributed by atoms with Crippen LogP contribution in [0.3, 0.4) is 0 Å². The molecule has 0 aromatic heterocycles. The fraction of sp³-hybridized carbons (Fsp3) is 0.917. The number of ether oxygens (including phenoxy) is 2. The van der Waals surface area contributed by atoms with E-state index in [2.05, 4.69) is 5.32 Å². The second kappa shape index (κ2) is 5.64. The highest BCUT2D eigenvalue weighted by atomic mass is 16.5. The first-order chi connectivity index (χ1) is 7.83. The van der Waals surface area contributed by atoms with Crippen LogP contribution in [0.15, 0.2) is 0 Å². The van der Waals surface area contributed by atoms with Crippen molar-refractivity contribution in [1.29, 1.82) is 0 Å². The molecule has 0 spiro atoms. The van der Waals surface area contributed by atoms with Gasteiger partial charge in [0.05, 0.1) is 12.5 Å². The van der Waals surface area contributed by atoms with Gasteiger partial charge in [0, 0.05) is 19.8 Å². The summed E-state index contributed by atoms with van der Waals surface area (Å²) in [6.45, 7) is 5.77. The largest absolute Gasteiger partial charge is 0.466 e. The summed E-state index contributed by atoms with van der Waals surface area (Å²) < 4.78 is 10.5. The van der Waals surface area contributed by atoms with Crippen molar-refractivity contribution in [2.45, 2.75) is 19.8 Å². The van der Waals surface area contributed by atoms with Crippen LogP contribution in [0.25, 0.3) is 0 Å². The van der Waals surface area contributed by atoms with Crippen LogP contribution in [0.1, 0.15) is 19.8 Å². The highest BCUT2D eigenvalue weighted by molar-refractivity contribution is 5.73. The number of rotatable bonds is 3. The lowest BCUT2D eigenvalue weighted by Crippen LogP contribution is -2.33. The molecule has 16 heavy (non-hydrogen) atoms. The van der Waals surface area contributed by atoms with Gasteiger partial charge < -0.3 is 14.8 Å². The average molecular weight is 227 g/mol. The lowest BCUT2D eigenvalue weighted by atomic mass is 9.79. The Morgan fingerprint density at radius 1 is 1.38 bits per heavy atom. The van der Waals surface area contributed by atoms with Gasteiger partial charge in [-0.25, -0.2) is 0 Å². The summed E-state index contributed by atoms with van der Waals surface area (Å²) in [5.74, 6) is 1.10. The molecule has 0 aliphatic carbocycles. The summed E-state index contributed by atoms with van der Waals surface area (Å²) in [5, 5.41) is 3.32. The summed E-state index contributed by atoms with van der Waals surface area (Å²) in [6.07, 6.45) is 2.17. The fourth-order valence-corrected chi connectivity index (χ4v) is 2.85. The molecule has 92 valence electrons. The van der Waals surface area contributed by atoms with Gasteiger partial charge in [0.2, 0.25) is 0 Å². The van der Waals surface area contributed by atoms with Gasteiger partial charge in [0.25, 0.3) is 0 Å². The quantitative estimate of drug-likeness (QED) is 0.725. The Balaban J connectivity index is 1.93. The van der Waals surface area contributed by atoms with Crippen LogP contribution in [0.4, 0.5) is 0 Å². The molecule has 0 amide bonds. The van der Waals surface area contributed by atoms with E-state index in [0.29, 0.717) is 18.4 Å². The fourth-order valence-electron chi connectivity index (χ4n) is 2.85. The highest BCUT2D eigenvalue weighted by Gasteiger charge is 2.39. The minimum atomic E-state index is -0.0241. The number of hydrogen-bond acceptors (Lipinski definition) is 4. The molecular formula is C12H21NO3. The van der Waals surface area contributed by atoms with E-state index in [4.69, 9.17) is 9.47 Å². The van der Waals surface area contributed by atoms with Gasteiger partial charge in [-0.3, -0.25) is 4.79 Å². The molecule has 2 aliphatic heterocycles. The lowest BCUT2D eigenvalue weighted by Gasteiger charge is -2.29. The third kappa shape index (κ3) is 2.55.